The van der Waals surface area contributed by atoms with Gasteiger partial charge in [0, 0.05) is 50.1 Å². The van der Waals surface area contributed by atoms with Crippen molar-refractivity contribution in [3.05, 3.63) is 16.8 Å². The van der Waals surface area contributed by atoms with Gasteiger partial charge in [0.25, 0.3) is 0 Å². The molecule has 1 spiro atoms. The van der Waals surface area contributed by atoms with Gasteiger partial charge in [0.2, 0.25) is 5.91 Å². The van der Waals surface area contributed by atoms with Crippen LogP contribution in [0.2, 0.25) is 0 Å². The van der Waals surface area contributed by atoms with E-state index in [0.717, 1.165) is 49.7 Å². The number of thiophene rings is 1. The first-order valence-corrected chi connectivity index (χ1v) is 10.1. The Morgan fingerprint density at radius 2 is 1.92 bits per heavy atom. The number of hydrogen-bond donors (Lipinski definition) is 0. The third-order valence-corrected chi connectivity index (χ3v) is 7.50. The van der Waals surface area contributed by atoms with Crippen molar-refractivity contribution < 1.29 is 4.79 Å². The van der Waals surface area contributed by atoms with E-state index in [1.165, 1.54) is 15.8 Å². The smallest absolute Gasteiger partial charge is 0.222 e. The number of aryl methyl sites for hydroxylation is 2. The molecular formula is C19H27N5OS. The third kappa shape index (κ3) is 2.77. The lowest BCUT2D eigenvalue weighted by atomic mass is 9.86. The summed E-state index contributed by atoms with van der Waals surface area (Å²) in [6.07, 6.45) is 4.25. The highest BCUT2D eigenvalue weighted by Gasteiger charge is 2.42. The Morgan fingerprint density at radius 1 is 1.12 bits per heavy atom. The molecule has 0 N–H and O–H groups in total. The summed E-state index contributed by atoms with van der Waals surface area (Å²) in [5, 5.41) is 1.21. The predicted octanol–water partition coefficient (Wildman–Crippen LogP) is 2.44. The normalized spacial score (nSPS) is 25.3. The van der Waals surface area contributed by atoms with E-state index in [1.54, 1.807) is 17.7 Å². The largest absolute Gasteiger partial charge is 0.353 e. The van der Waals surface area contributed by atoms with E-state index >= 15 is 0 Å². The number of aromatic nitrogens is 2. The molecule has 4 rings (SSSR count). The van der Waals surface area contributed by atoms with Gasteiger partial charge in [0.05, 0.1) is 5.39 Å². The summed E-state index contributed by atoms with van der Waals surface area (Å²) in [5.74, 6) is 1.33. The molecule has 140 valence electrons. The van der Waals surface area contributed by atoms with Crippen LogP contribution in [0.15, 0.2) is 6.33 Å². The standard InChI is InChI=1S/C19H27N5OS/c1-13-14(2)26-18-16(13)17(20-12-21-18)24-10-9-23(4)19(11-24)6-5-15(25)22(3)8-7-19/h12H,5-11H2,1-4H3/t19-/m1/s1. The summed E-state index contributed by atoms with van der Waals surface area (Å²) in [5.41, 5.74) is 1.33. The van der Waals surface area contributed by atoms with E-state index in [2.05, 4.69) is 40.7 Å². The van der Waals surface area contributed by atoms with Crippen LogP contribution in [0.3, 0.4) is 0 Å². The summed E-state index contributed by atoms with van der Waals surface area (Å²) < 4.78 is 0. The molecular weight excluding hydrogens is 346 g/mol. The van der Waals surface area contributed by atoms with Crippen molar-refractivity contribution in [1.82, 2.24) is 19.8 Å². The van der Waals surface area contributed by atoms with Crippen LogP contribution in [0.25, 0.3) is 10.2 Å². The van der Waals surface area contributed by atoms with Gasteiger partial charge < -0.3 is 9.80 Å². The summed E-state index contributed by atoms with van der Waals surface area (Å²) in [6, 6.07) is 0. The zero-order valence-corrected chi connectivity index (χ0v) is 16.9. The van der Waals surface area contributed by atoms with Crippen molar-refractivity contribution in [2.24, 2.45) is 0 Å². The number of likely N-dealkylation sites (tertiary alicyclic amines) is 1. The zero-order chi connectivity index (χ0) is 18.5. The second-order valence-electron chi connectivity index (χ2n) is 7.79. The van der Waals surface area contributed by atoms with Gasteiger partial charge in [0.1, 0.15) is 17.0 Å². The predicted molar refractivity (Wildman–Crippen MR) is 106 cm³/mol. The quantitative estimate of drug-likeness (QED) is 0.768. The highest BCUT2D eigenvalue weighted by atomic mass is 32.1. The van der Waals surface area contributed by atoms with Gasteiger partial charge in [-0.15, -0.1) is 11.3 Å². The van der Waals surface area contributed by atoms with Crippen molar-refractivity contribution in [3.63, 3.8) is 0 Å². The molecule has 2 aromatic heterocycles. The van der Waals surface area contributed by atoms with Gasteiger partial charge in [-0.3, -0.25) is 9.69 Å². The summed E-state index contributed by atoms with van der Waals surface area (Å²) in [7, 11) is 4.14. The van der Waals surface area contributed by atoms with Crippen molar-refractivity contribution in [3.8, 4) is 0 Å². The van der Waals surface area contributed by atoms with Crippen LogP contribution in [0, 0.1) is 13.8 Å². The van der Waals surface area contributed by atoms with E-state index < -0.39 is 0 Å². The molecule has 0 aromatic carbocycles. The molecule has 6 nitrogen and oxygen atoms in total. The number of anilines is 1. The average molecular weight is 374 g/mol. The molecule has 0 saturated carbocycles. The van der Waals surface area contributed by atoms with E-state index in [9.17, 15) is 4.79 Å². The van der Waals surface area contributed by atoms with Crippen LogP contribution >= 0.6 is 11.3 Å². The minimum atomic E-state index is 0.0366. The Balaban J connectivity index is 1.70. The molecule has 4 heterocycles. The maximum atomic E-state index is 12.2. The molecule has 2 aliphatic heterocycles. The molecule has 7 heteroatoms. The first kappa shape index (κ1) is 17.7. The average Bonchev–Trinajstić information content (AvgIpc) is 2.85. The number of fused-ring (bicyclic) bond motifs is 1. The lowest BCUT2D eigenvalue weighted by molar-refractivity contribution is -0.129. The van der Waals surface area contributed by atoms with E-state index in [0.29, 0.717) is 6.42 Å². The highest BCUT2D eigenvalue weighted by molar-refractivity contribution is 7.18. The van der Waals surface area contributed by atoms with Gasteiger partial charge in [-0.05, 0) is 39.3 Å². The Kier molecular flexibility index (Phi) is 4.39. The molecule has 0 aliphatic carbocycles. The Hall–Kier alpha value is -1.73. The fourth-order valence-corrected chi connectivity index (χ4v) is 5.33. The van der Waals surface area contributed by atoms with Gasteiger partial charge in [-0.1, -0.05) is 0 Å². The SMILES string of the molecule is Cc1sc2ncnc(N3CCN(C)[C@@]4(CCC(=O)N(C)CC4)C3)c2c1C. The number of carbonyl (C=O) groups excluding carboxylic acids is 1. The first-order chi connectivity index (χ1) is 12.4. The fraction of sp³-hybridized carbons (Fsp3) is 0.632. The van der Waals surface area contributed by atoms with E-state index in [1.807, 2.05) is 11.9 Å². The Morgan fingerprint density at radius 3 is 2.73 bits per heavy atom. The van der Waals surface area contributed by atoms with Crippen LogP contribution in [-0.2, 0) is 4.79 Å². The van der Waals surface area contributed by atoms with Crippen LogP contribution in [0.5, 0.6) is 0 Å². The van der Waals surface area contributed by atoms with Gasteiger partial charge in [-0.2, -0.15) is 0 Å². The van der Waals surface area contributed by atoms with Gasteiger partial charge >= 0.3 is 0 Å². The molecule has 0 bridgehead atoms. The third-order valence-electron chi connectivity index (χ3n) is 6.39. The topological polar surface area (TPSA) is 52.6 Å². The summed E-state index contributed by atoms with van der Waals surface area (Å²) in [6.45, 7) is 8.03. The Bertz CT molecular complexity index is 850. The highest BCUT2D eigenvalue weighted by Crippen LogP contribution is 2.38. The number of piperazine rings is 1. The maximum absolute atomic E-state index is 12.2. The second kappa shape index (κ2) is 6.46. The van der Waals surface area contributed by atoms with Crippen LogP contribution < -0.4 is 4.90 Å². The lowest BCUT2D eigenvalue weighted by Crippen LogP contribution is -2.61. The number of carbonyl (C=O) groups is 1. The molecule has 26 heavy (non-hydrogen) atoms. The molecule has 0 unspecified atom stereocenters. The molecule has 1 amide bonds. The molecule has 0 radical (unpaired) electrons. The van der Waals surface area contributed by atoms with Crippen molar-refractivity contribution in [2.45, 2.75) is 38.6 Å². The lowest BCUT2D eigenvalue weighted by Gasteiger charge is -2.49. The number of rotatable bonds is 1. The minimum absolute atomic E-state index is 0.0366. The first-order valence-electron chi connectivity index (χ1n) is 9.32. The number of hydrogen-bond acceptors (Lipinski definition) is 6. The molecule has 2 aliphatic rings. The van der Waals surface area contributed by atoms with Crippen LogP contribution in [-0.4, -0.2) is 71.5 Å². The molecule has 2 saturated heterocycles. The van der Waals surface area contributed by atoms with Crippen LogP contribution in [0.4, 0.5) is 5.82 Å². The second-order valence-corrected chi connectivity index (χ2v) is 9.00. The number of nitrogens with zero attached hydrogens (tertiary/aromatic N) is 5. The molecule has 2 aromatic rings. The van der Waals surface area contributed by atoms with E-state index in [4.69, 9.17) is 0 Å². The number of likely N-dealkylation sites (N-methyl/N-ethyl adjacent to an activating group) is 1. The molecule has 2 fully saturated rings. The summed E-state index contributed by atoms with van der Waals surface area (Å²) in [4.78, 5) is 30.6. The van der Waals surface area contributed by atoms with Crippen molar-refractivity contribution >= 4 is 33.3 Å². The van der Waals surface area contributed by atoms with Crippen molar-refractivity contribution in [2.75, 3.05) is 45.2 Å². The minimum Gasteiger partial charge on any atom is -0.353 e. The van der Waals surface area contributed by atoms with E-state index in [-0.39, 0.29) is 11.4 Å². The maximum Gasteiger partial charge on any atom is 0.222 e. The van der Waals surface area contributed by atoms with Gasteiger partial charge in [-0.25, -0.2) is 9.97 Å². The number of amides is 1. The van der Waals surface area contributed by atoms with Crippen molar-refractivity contribution in [1.29, 1.82) is 0 Å². The zero-order valence-electron chi connectivity index (χ0n) is 16.1. The van der Waals surface area contributed by atoms with Gasteiger partial charge in [0.15, 0.2) is 0 Å². The molecule has 1 atom stereocenters. The monoisotopic (exact) mass is 373 g/mol. The summed E-state index contributed by atoms with van der Waals surface area (Å²) >= 11 is 1.75. The fourth-order valence-electron chi connectivity index (χ4n) is 4.34. The van der Waals surface area contributed by atoms with Crippen LogP contribution in [0.1, 0.15) is 29.7 Å². The Labute approximate surface area is 158 Å².